The fourth-order valence-corrected chi connectivity index (χ4v) is 6.01. The number of thiophene rings is 2. The van der Waals surface area contributed by atoms with E-state index >= 15 is 0 Å². The van der Waals surface area contributed by atoms with Gasteiger partial charge in [-0.1, -0.05) is 79.1 Å². The monoisotopic (exact) mass is 390 g/mol. The topological polar surface area (TPSA) is 0 Å². The summed E-state index contributed by atoms with van der Waals surface area (Å²) in [7, 11) is 0. The number of hydrogen-bond acceptors (Lipinski definition) is 2. The van der Waals surface area contributed by atoms with Crippen molar-refractivity contribution in [2.45, 2.75) is 91.9 Å². The van der Waals surface area contributed by atoms with Gasteiger partial charge in [-0.3, -0.25) is 0 Å². The van der Waals surface area contributed by atoms with Crippen LogP contribution in [0.2, 0.25) is 0 Å². The lowest BCUT2D eigenvalue weighted by atomic mass is 9.90. The molecular formula is C24H38S2. The SMILES string of the molecule is CCCCC(CC)Cc1ccsc1-c1sccc1CC(CC)CCCC. The minimum absolute atomic E-state index is 0.847. The van der Waals surface area contributed by atoms with Crippen molar-refractivity contribution >= 4 is 22.7 Å². The maximum Gasteiger partial charge on any atom is 0.0477 e. The van der Waals surface area contributed by atoms with E-state index in [2.05, 4.69) is 50.6 Å². The van der Waals surface area contributed by atoms with Gasteiger partial charge in [0, 0.05) is 9.75 Å². The molecule has 2 heteroatoms. The zero-order chi connectivity index (χ0) is 18.8. The first-order valence-corrected chi connectivity index (χ1v) is 12.6. The number of hydrogen-bond donors (Lipinski definition) is 0. The largest absolute Gasteiger partial charge is 0.143 e. The average molecular weight is 391 g/mol. The highest BCUT2D eigenvalue weighted by molar-refractivity contribution is 7.20. The third kappa shape index (κ3) is 6.23. The van der Waals surface area contributed by atoms with Crippen LogP contribution in [-0.4, -0.2) is 0 Å². The Morgan fingerprint density at radius 2 is 1.12 bits per heavy atom. The van der Waals surface area contributed by atoms with Crippen molar-refractivity contribution in [1.29, 1.82) is 0 Å². The maximum absolute atomic E-state index is 2.40. The van der Waals surface area contributed by atoms with Crippen molar-refractivity contribution in [2.24, 2.45) is 11.8 Å². The molecule has 0 saturated carbocycles. The van der Waals surface area contributed by atoms with Crippen LogP contribution in [0, 0.1) is 11.8 Å². The smallest absolute Gasteiger partial charge is 0.0477 e. The van der Waals surface area contributed by atoms with E-state index in [1.165, 1.54) is 64.2 Å². The summed E-state index contributed by atoms with van der Waals surface area (Å²) in [5, 5.41) is 4.63. The van der Waals surface area contributed by atoms with Crippen LogP contribution in [0.5, 0.6) is 0 Å². The van der Waals surface area contributed by atoms with Crippen molar-refractivity contribution in [3.8, 4) is 9.75 Å². The van der Waals surface area contributed by atoms with E-state index in [4.69, 9.17) is 0 Å². The predicted molar refractivity (Wildman–Crippen MR) is 122 cm³/mol. The molecule has 0 aromatic carbocycles. The first-order chi connectivity index (χ1) is 12.7. The van der Waals surface area contributed by atoms with E-state index in [1.807, 2.05) is 22.7 Å². The van der Waals surface area contributed by atoms with E-state index in [1.54, 1.807) is 20.9 Å². The predicted octanol–water partition coefficient (Wildman–Crippen LogP) is 8.99. The van der Waals surface area contributed by atoms with Crippen molar-refractivity contribution in [2.75, 3.05) is 0 Å². The van der Waals surface area contributed by atoms with Gasteiger partial charge in [0.2, 0.25) is 0 Å². The molecule has 0 aliphatic rings. The molecule has 0 aliphatic carbocycles. The van der Waals surface area contributed by atoms with Crippen LogP contribution in [0.25, 0.3) is 9.75 Å². The lowest BCUT2D eigenvalue weighted by molar-refractivity contribution is 0.449. The molecule has 2 heterocycles. The molecule has 2 atom stereocenters. The number of unbranched alkanes of at least 4 members (excludes halogenated alkanes) is 2. The van der Waals surface area contributed by atoms with E-state index < -0.39 is 0 Å². The summed E-state index contributed by atoms with van der Waals surface area (Å²) >= 11 is 3.92. The molecule has 0 radical (unpaired) electrons. The summed E-state index contributed by atoms with van der Waals surface area (Å²) in [6, 6.07) is 4.79. The van der Waals surface area contributed by atoms with Crippen LogP contribution in [0.1, 0.15) is 90.2 Å². The van der Waals surface area contributed by atoms with E-state index in [9.17, 15) is 0 Å². The molecule has 0 aliphatic heterocycles. The van der Waals surface area contributed by atoms with Gasteiger partial charge in [-0.2, -0.15) is 0 Å². The van der Waals surface area contributed by atoms with Gasteiger partial charge >= 0.3 is 0 Å². The third-order valence-electron chi connectivity index (χ3n) is 5.80. The number of rotatable bonds is 13. The molecule has 0 saturated heterocycles. The fraction of sp³-hybridized carbons (Fsp3) is 0.667. The lowest BCUT2D eigenvalue weighted by Gasteiger charge is -2.16. The molecule has 0 N–H and O–H groups in total. The Hall–Kier alpha value is -0.600. The molecule has 2 unspecified atom stereocenters. The highest BCUT2D eigenvalue weighted by Crippen LogP contribution is 2.39. The summed E-state index contributed by atoms with van der Waals surface area (Å²) in [5.41, 5.74) is 3.20. The van der Waals surface area contributed by atoms with Crippen molar-refractivity contribution in [1.82, 2.24) is 0 Å². The Bertz CT molecular complexity index is 553. The van der Waals surface area contributed by atoms with Crippen molar-refractivity contribution in [3.63, 3.8) is 0 Å². The quantitative estimate of drug-likeness (QED) is 0.320. The summed E-state index contributed by atoms with van der Waals surface area (Å²) < 4.78 is 0. The molecule has 2 aromatic heterocycles. The van der Waals surface area contributed by atoms with Gasteiger partial charge in [0.05, 0.1) is 0 Å². The Labute approximate surface area is 170 Å². The highest BCUT2D eigenvalue weighted by atomic mass is 32.1. The van der Waals surface area contributed by atoms with Gasteiger partial charge in [0.1, 0.15) is 0 Å². The summed E-state index contributed by atoms with van der Waals surface area (Å²) in [4.78, 5) is 3.13. The van der Waals surface area contributed by atoms with E-state index in [0.717, 1.165) is 11.8 Å². The van der Waals surface area contributed by atoms with Crippen LogP contribution in [-0.2, 0) is 12.8 Å². The van der Waals surface area contributed by atoms with Gasteiger partial charge in [-0.25, -0.2) is 0 Å². The standard InChI is InChI=1S/C24H38S2/c1-5-9-11-19(7-3)17-21-13-15-25-23(21)24-22(14-16-26-24)18-20(8-4)12-10-6-2/h13-16,19-20H,5-12,17-18H2,1-4H3. The zero-order valence-electron chi connectivity index (χ0n) is 17.4. The minimum Gasteiger partial charge on any atom is -0.143 e. The Morgan fingerprint density at radius 1 is 0.692 bits per heavy atom. The summed E-state index contributed by atoms with van der Waals surface area (Å²) in [5.74, 6) is 1.69. The minimum atomic E-state index is 0.847. The molecule has 0 fully saturated rings. The molecular weight excluding hydrogens is 352 g/mol. The fourth-order valence-electron chi connectivity index (χ4n) is 3.90. The summed E-state index contributed by atoms with van der Waals surface area (Å²) in [6.07, 6.45) is 13.3. The zero-order valence-corrected chi connectivity index (χ0v) is 19.0. The molecule has 2 rings (SSSR count). The van der Waals surface area contributed by atoms with Gasteiger partial charge < -0.3 is 0 Å². The molecule has 0 bridgehead atoms. The Morgan fingerprint density at radius 3 is 1.46 bits per heavy atom. The maximum atomic E-state index is 2.40. The third-order valence-corrected chi connectivity index (χ3v) is 7.88. The van der Waals surface area contributed by atoms with Gasteiger partial charge in [-0.15, -0.1) is 22.7 Å². The van der Waals surface area contributed by atoms with Gasteiger partial charge in [-0.05, 0) is 58.7 Å². The Balaban J connectivity index is 2.13. The van der Waals surface area contributed by atoms with Crippen LogP contribution in [0.3, 0.4) is 0 Å². The molecule has 0 amide bonds. The second kappa shape index (κ2) is 12.0. The van der Waals surface area contributed by atoms with Crippen molar-refractivity contribution < 1.29 is 0 Å². The molecule has 0 nitrogen and oxygen atoms in total. The second-order valence-corrected chi connectivity index (χ2v) is 9.62. The molecule has 2 aromatic rings. The van der Waals surface area contributed by atoms with Crippen LogP contribution in [0.15, 0.2) is 22.9 Å². The lowest BCUT2D eigenvalue weighted by Crippen LogP contribution is -2.05. The normalized spacial score (nSPS) is 13.8. The van der Waals surface area contributed by atoms with Crippen molar-refractivity contribution in [3.05, 3.63) is 34.0 Å². The van der Waals surface area contributed by atoms with Crippen LogP contribution in [0.4, 0.5) is 0 Å². The highest BCUT2D eigenvalue weighted by Gasteiger charge is 2.18. The average Bonchev–Trinajstić information content (AvgIpc) is 3.30. The molecule has 0 spiro atoms. The van der Waals surface area contributed by atoms with Gasteiger partial charge in [0.25, 0.3) is 0 Å². The van der Waals surface area contributed by atoms with Crippen LogP contribution < -0.4 is 0 Å². The van der Waals surface area contributed by atoms with Crippen LogP contribution >= 0.6 is 22.7 Å². The molecule has 146 valence electrons. The van der Waals surface area contributed by atoms with Gasteiger partial charge in [0.15, 0.2) is 0 Å². The second-order valence-electron chi connectivity index (χ2n) is 7.79. The van der Waals surface area contributed by atoms with E-state index in [0.29, 0.717) is 0 Å². The first kappa shape index (κ1) is 21.7. The molecule has 26 heavy (non-hydrogen) atoms. The Kier molecular flexibility index (Phi) is 9.99. The van der Waals surface area contributed by atoms with E-state index in [-0.39, 0.29) is 0 Å². The first-order valence-electron chi connectivity index (χ1n) is 10.9. The summed E-state index contributed by atoms with van der Waals surface area (Å²) in [6.45, 7) is 9.34.